The van der Waals surface area contributed by atoms with E-state index in [-0.39, 0.29) is 11.9 Å². The summed E-state index contributed by atoms with van der Waals surface area (Å²) in [6.45, 7) is 2.15. The number of hydrogen-bond donors (Lipinski definition) is 1. The van der Waals surface area contributed by atoms with Crippen molar-refractivity contribution in [3.05, 3.63) is 71.0 Å². The Morgan fingerprint density at radius 1 is 1.19 bits per heavy atom. The number of rotatable bonds is 4. The minimum Gasteiger partial charge on any atom is -0.303 e. The second kappa shape index (κ2) is 6.40. The van der Waals surface area contributed by atoms with Crippen molar-refractivity contribution in [2.45, 2.75) is 44.7 Å². The van der Waals surface area contributed by atoms with Gasteiger partial charge in [-0.2, -0.15) is 0 Å². The number of aryl methyl sites for hydroxylation is 1. The van der Waals surface area contributed by atoms with E-state index in [1.165, 1.54) is 30.0 Å². The van der Waals surface area contributed by atoms with Gasteiger partial charge in [0.05, 0.1) is 0 Å². The summed E-state index contributed by atoms with van der Waals surface area (Å²) in [4.78, 5) is 0. The van der Waals surface area contributed by atoms with Crippen molar-refractivity contribution in [2.75, 3.05) is 0 Å². The molecule has 1 nitrogen and oxygen atoms in total. The zero-order chi connectivity index (χ0) is 14.7. The first-order valence-corrected chi connectivity index (χ1v) is 7.87. The molecule has 2 heteroatoms. The van der Waals surface area contributed by atoms with Gasteiger partial charge in [-0.05, 0) is 54.5 Å². The van der Waals surface area contributed by atoms with E-state index in [9.17, 15) is 4.39 Å². The summed E-state index contributed by atoms with van der Waals surface area (Å²) in [5, 5.41) is 3.74. The van der Waals surface area contributed by atoms with E-state index in [1.54, 1.807) is 12.1 Å². The molecule has 110 valence electrons. The molecule has 0 saturated carbocycles. The molecule has 2 atom stereocenters. The van der Waals surface area contributed by atoms with Gasteiger partial charge in [0.25, 0.3) is 0 Å². The first-order chi connectivity index (χ1) is 10.3. The van der Waals surface area contributed by atoms with Crippen LogP contribution in [0.5, 0.6) is 0 Å². The summed E-state index contributed by atoms with van der Waals surface area (Å²) in [6, 6.07) is 16.2. The molecule has 0 radical (unpaired) electrons. The van der Waals surface area contributed by atoms with Crippen LogP contribution in [0.25, 0.3) is 0 Å². The molecule has 0 aliphatic heterocycles. The Bertz CT molecular complexity index is 608. The van der Waals surface area contributed by atoms with Gasteiger partial charge in [-0.3, -0.25) is 0 Å². The van der Waals surface area contributed by atoms with Crippen molar-refractivity contribution in [1.82, 2.24) is 5.32 Å². The van der Waals surface area contributed by atoms with Crippen LogP contribution >= 0.6 is 0 Å². The second-order valence-electron chi connectivity index (χ2n) is 5.83. The highest BCUT2D eigenvalue weighted by atomic mass is 19.1. The topological polar surface area (TPSA) is 12.0 Å². The monoisotopic (exact) mass is 283 g/mol. The Hall–Kier alpha value is -1.67. The highest BCUT2D eigenvalue weighted by Gasteiger charge is 2.22. The lowest BCUT2D eigenvalue weighted by atomic mass is 9.87. The molecule has 2 aromatic rings. The molecule has 21 heavy (non-hydrogen) atoms. The van der Waals surface area contributed by atoms with E-state index in [0.29, 0.717) is 6.04 Å². The fourth-order valence-corrected chi connectivity index (χ4v) is 3.34. The smallest absolute Gasteiger partial charge is 0.123 e. The summed E-state index contributed by atoms with van der Waals surface area (Å²) >= 11 is 0. The Labute approximate surface area is 126 Å². The average Bonchev–Trinajstić information content (AvgIpc) is 2.52. The van der Waals surface area contributed by atoms with Crippen molar-refractivity contribution in [2.24, 2.45) is 0 Å². The van der Waals surface area contributed by atoms with Crippen LogP contribution in [0.2, 0.25) is 0 Å². The number of halogens is 1. The molecule has 0 amide bonds. The normalized spacial score (nSPS) is 19.0. The Kier molecular flexibility index (Phi) is 4.35. The predicted molar refractivity (Wildman–Crippen MR) is 84.7 cm³/mol. The Morgan fingerprint density at radius 3 is 2.86 bits per heavy atom. The molecule has 1 N–H and O–H groups in total. The van der Waals surface area contributed by atoms with Crippen molar-refractivity contribution in [3.63, 3.8) is 0 Å². The van der Waals surface area contributed by atoms with Gasteiger partial charge in [0, 0.05) is 12.1 Å². The molecule has 0 fully saturated rings. The van der Waals surface area contributed by atoms with Crippen molar-refractivity contribution in [1.29, 1.82) is 0 Å². The number of benzene rings is 2. The quantitative estimate of drug-likeness (QED) is 0.837. The molecule has 1 aliphatic carbocycles. The lowest BCUT2D eigenvalue weighted by molar-refractivity contribution is 0.392. The highest BCUT2D eigenvalue weighted by Crippen LogP contribution is 2.32. The summed E-state index contributed by atoms with van der Waals surface area (Å²) in [5.41, 5.74) is 3.91. The third-order valence-corrected chi connectivity index (χ3v) is 4.43. The summed E-state index contributed by atoms with van der Waals surface area (Å²) in [5.74, 6) is -0.156. The SMILES string of the molecule is CCC(NC1CCCc2ccccc21)c1cccc(F)c1. The molecule has 0 heterocycles. The maximum Gasteiger partial charge on any atom is 0.123 e. The van der Waals surface area contributed by atoms with E-state index in [0.717, 1.165) is 18.4 Å². The minimum absolute atomic E-state index is 0.156. The van der Waals surface area contributed by atoms with Gasteiger partial charge in [0.15, 0.2) is 0 Å². The third-order valence-electron chi connectivity index (χ3n) is 4.43. The molecule has 2 aromatic carbocycles. The maximum atomic E-state index is 13.5. The molecule has 0 bridgehead atoms. The van der Waals surface area contributed by atoms with Crippen molar-refractivity contribution >= 4 is 0 Å². The number of fused-ring (bicyclic) bond motifs is 1. The van der Waals surface area contributed by atoms with Crippen LogP contribution in [-0.4, -0.2) is 0 Å². The van der Waals surface area contributed by atoms with E-state index >= 15 is 0 Å². The van der Waals surface area contributed by atoms with Crippen molar-refractivity contribution in [3.8, 4) is 0 Å². The van der Waals surface area contributed by atoms with Crippen LogP contribution in [0.3, 0.4) is 0 Å². The van der Waals surface area contributed by atoms with Gasteiger partial charge in [0.2, 0.25) is 0 Å². The first kappa shape index (κ1) is 14.3. The molecule has 1 aliphatic rings. The third kappa shape index (κ3) is 3.16. The van der Waals surface area contributed by atoms with Gasteiger partial charge < -0.3 is 5.32 Å². The first-order valence-electron chi connectivity index (χ1n) is 7.87. The standard InChI is InChI=1S/C19H22FN/c1-2-18(15-9-5-10-16(20)13-15)21-19-12-6-8-14-7-3-4-11-17(14)19/h3-5,7,9-11,13,18-19,21H,2,6,8,12H2,1H3. The Balaban J connectivity index is 1.82. The molecule has 0 spiro atoms. The zero-order valence-electron chi connectivity index (χ0n) is 12.5. The van der Waals surface area contributed by atoms with E-state index < -0.39 is 0 Å². The predicted octanol–water partition coefficient (Wildman–Crippen LogP) is 4.94. The number of hydrogen-bond acceptors (Lipinski definition) is 1. The fourth-order valence-electron chi connectivity index (χ4n) is 3.34. The van der Waals surface area contributed by atoms with Crippen LogP contribution in [0.4, 0.5) is 4.39 Å². The largest absolute Gasteiger partial charge is 0.303 e. The molecule has 0 saturated heterocycles. The van der Waals surface area contributed by atoms with Crippen LogP contribution in [0.1, 0.15) is 55.0 Å². The average molecular weight is 283 g/mol. The van der Waals surface area contributed by atoms with Crippen molar-refractivity contribution < 1.29 is 4.39 Å². The van der Waals surface area contributed by atoms with E-state index in [4.69, 9.17) is 0 Å². The van der Waals surface area contributed by atoms with Gasteiger partial charge >= 0.3 is 0 Å². The van der Waals surface area contributed by atoms with E-state index in [2.05, 4.69) is 36.5 Å². The Morgan fingerprint density at radius 2 is 2.05 bits per heavy atom. The molecule has 2 unspecified atom stereocenters. The lowest BCUT2D eigenvalue weighted by Crippen LogP contribution is -2.29. The van der Waals surface area contributed by atoms with Gasteiger partial charge in [-0.25, -0.2) is 4.39 Å². The summed E-state index contributed by atoms with van der Waals surface area (Å²) < 4.78 is 13.5. The lowest BCUT2D eigenvalue weighted by Gasteiger charge is -2.30. The van der Waals surface area contributed by atoms with Gasteiger partial charge in [0.1, 0.15) is 5.82 Å². The van der Waals surface area contributed by atoms with E-state index in [1.807, 2.05) is 6.07 Å². The fraction of sp³-hybridized carbons (Fsp3) is 0.368. The van der Waals surface area contributed by atoms with Gasteiger partial charge in [-0.15, -0.1) is 0 Å². The summed E-state index contributed by atoms with van der Waals surface area (Å²) in [6.07, 6.45) is 4.50. The van der Waals surface area contributed by atoms with Crippen LogP contribution in [0, 0.1) is 5.82 Å². The zero-order valence-corrected chi connectivity index (χ0v) is 12.5. The second-order valence-corrected chi connectivity index (χ2v) is 5.83. The van der Waals surface area contributed by atoms with Crippen LogP contribution < -0.4 is 5.32 Å². The molecular weight excluding hydrogens is 261 g/mol. The van der Waals surface area contributed by atoms with Crippen LogP contribution in [0.15, 0.2) is 48.5 Å². The molecule has 3 rings (SSSR count). The van der Waals surface area contributed by atoms with Gasteiger partial charge in [-0.1, -0.05) is 43.3 Å². The summed E-state index contributed by atoms with van der Waals surface area (Å²) in [7, 11) is 0. The van der Waals surface area contributed by atoms with Crippen LogP contribution in [-0.2, 0) is 6.42 Å². The molecular formula is C19H22FN. The minimum atomic E-state index is -0.156. The maximum absolute atomic E-state index is 13.5. The molecule has 0 aromatic heterocycles. The highest BCUT2D eigenvalue weighted by molar-refractivity contribution is 5.32. The number of nitrogens with one attached hydrogen (secondary N) is 1.